The molecule has 0 fully saturated rings. The normalized spacial score (nSPS) is 11.7. The number of benzene rings is 4. The van der Waals surface area contributed by atoms with Crippen LogP contribution < -0.4 is 9.86 Å². The number of sulfonamides is 2. The molecule has 0 aliphatic carbocycles. The maximum atomic E-state index is 14.3. The topological polar surface area (TPSA) is 246 Å². The molecule has 0 atom stereocenters. The van der Waals surface area contributed by atoms with Crippen molar-refractivity contribution < 1.29 is 34.7 Å². The van der Waals surface area contributed by atoms with Gasteiger partial charge in [0.2, 0.25) is 20.0 Å². The molecule has 0 aliphatic rings. The summed E-state index contributed by atoms with van der Waals surface area (Å²) in [5.74, 6) is 0.129. The zero-order chi connectivity index (χ0) is 51.6. The predicted octanol–water partition coefficient (Wildman–Crippen LogP) is 8.49. The molecule has 0 bridgehead atoms. The zero-order valence-corrected chi connectivity index (χ0v) is 41.3. The van der Waals surface area contributed by atoms with Gasteiger partial charge in [-0.3, -0.25) is 9.97 Å². The monoisotopic (exact) mass is 1020 g/mol. The molecule has 18 nitrogen and oxygen atoms in total. The van der Waals surface area contributed by atoms with Crippen LogP contribution in [-0.4, -0.2) is 74.2 Å². The van der Waals surface area contributed by atoms with E-state index in [2.05, 4.69) is 45.6 Å². The summed E-state index contributed by atoms with van der Waals surface area (Å²) in [6.45, 7) is 7.13. The minimum Gasteiger partial charge on any atom is -0.353 e. The summed E-state index contributed by atoms with van der Waals surface area (Å²) in [6, 6.07) is 31.5. The SMILES string of the molecule is CNS(=O)(=O)c1ccc(-c2c(-c3ccccc3)noc2-c2cn(Cc3ncc(C)c([18F])c3C)nn2)cc1.Cc1cnc(Cn2cc(-c3onc(-c4ccccc4)c3-c3ccc(S(N)(=O)=O)cc3)nn2)c(C)c1[18F]. The summed E-state index contributed by atoms with van der Waals surface area (Å²) in [7, 11) is -6.08. The van der Waals surface area contributed by atoms with Crippen molar-refractivity contribution in [2.75, 3.05) is 7.05 Å². The maximum absolute atomic E-state index is 14.3. The maximum Gasteiger partial charge on any atom is 0.240 e. The summed E-state index contributed by atoms with van der Waals surface area (Å²) >= 11 is 0. The van der Waals surface area contributed by atoms with Crippen molar-refractivity contribution in [3.05, 3.63) is 179 Å². The largest absolute Gasteiger partial charge is 0.353 e. The number of nitrogens with zero attached hydrogens (tertiary/aromatic N) is 10. The first-order chi connectivity index (χ1) is 35.0. The van der Waals surface area contributed by atoms with Crippen molar-refractivity contribution in [2.24, 2.45) is 5.14 Å². The molecule has 0 saturated heterocycles. The third kappa shape index (κ3) is 10.3. The number of nitrogens with two attached hydrogens (primary N) is 1. The Labute approximate surface area is 417 Å². The summed E-state index contributed by atoms with van der Waals surface area (Å²) < 4.78 is 93.4. The van der Waals surface area contributed by atoms with Crippen LogP contribution in [0.4, 0.5) is 8.78 Å². The first-order valence-electron chi connectivity index (χ1n) is 22.3. The molecular weight excluding hydrogens is 977 g/mol. The molecule has 0 saturated carbocycles. The smallest absolute Gasteiger partial charge is 0.240 e. The minimum absolute atomic E-state index is 0.00957. The number of pyridine rings is 2. The fourth-order valence-electron chi connectivity index (χ4n) is 7.87. The Morgan fingerprint density at radius 3 is 1.34 bits per heavy atom. The molecule has 0 amide bonds. The van der Waals surface area contributed by atoms with Gasteiger partial charge in [-0.2, -0.15) is 0 Å². The predicted molar refractivity (Wildman–Crippen MR) is 266 cm³/mol. The van der Waals surface area contributed by atoms with Crippen molar-refractivity contribution in [3.8, 4) is 67.7 Å². The van der Waals surface area contributed by atoms with Crippen LogP contribution in [-0.2, 0) is 33.1 Å². The first kappa shape index (κ1) is 49.5. The molecule has 10 rings (SSSR count). The van der Waals surface area contributed by atoms with E-state index in [9.17, 15) is 25.6 Å². The molecule has 6 aromatic heterocycles. The van der Waals surface area contributed by atoms with Gasteiger partial charge in [-0.05, 0) is 70.1 Å². The Bertz CT molecular complexity index is 3850. The average Bonchev–Trinajstić information content (AvgIpc) is 4.25. The van der Waals surface area contributed by atoms with Gasteiger partial charge < -0.3 is 9.05 Å². The molecule has 0 aliphatic heterocycles. The average molecular weight is 1020 g/mol. The van der Waals surface area contributed by atoms with Crippen molar-refractivity contribution >= 4 is 20.0 Å². The van der Waals surface area contributed by atoms with Gasteiger partial charge in [0.25, 0.3) is 0 Å². The molecule has 370 valence electrons. The van der Waals surface area contributed by atoms with Crippen molar-refractivity contribution in [1.82, 2.24) is 55.0 Å². The van der Waals surface area contributed by atoms with Gasteiger partial charge in [-0.25, -0.2) is 44.8 Å². The fourth-order valence-corrected chi connectivity index (χ4v) is 9.11. The Kier molecular flexibility index (Phi) is 13.8. The van der Waals surface area contributed by atoms with Gasteiger partial charge in [-0.1, -0.05) is 106 Å². The van der Waals surface area contributed by atoms with Crippen LogP contribution in [0.5, 0.6) is 0 Å². The lowest BCUT2D eigenvalue weighted by Gasteiger charge is -2.07. The fraction of sp³-hybridized carbons (Fsp3) is 0.137. The lowest BCUT2D eigenvalue weighted by Crippen LogP contribution is -2.18. The third-order valence-corrected chi connectivity index (χ3v) is 14.2. The highest BCUT2D eigenvalue weighted by atomic mass is 32.2. The van der Waals surface area contributed by atoms with E-state index >= 15 is 0 Å². The zero-order valence-electron chi connectivity index (χ0n) is 39.7. The number of rotatable bonds is 13. The quantitative estimate of drug-likeness (QED) is 0.110. The molecular formula is C51H44F2N12O6S2. The Morgan fingerprint density at radius 1 is 0.562 bits per heavy atom. The van der Waals surface area contributed by atoms with E-state index < -0.39 is 20.0 Å². The number of aryl methyl sites for hydroxylation is 2. The van der Waals surface area contributed by atoms with E-state index in [1.165, 1.54) is 48.4 Å². The van der Waals surface area contributed by atoms with E-state index in [4.69, 9.17) is 14.2 Å². The molecule has 3 N–H and O–H groups in total. The highest BCUT2D eigenvalue weighted by Crippen LogP contribution is 2.41. The lowest BCUT2D eigenvalue weighted by molar-refractivity contribution is 0.434. The summed E-state index contributed by atoms with van der Waals surface area (Å²) in [5.41, 5.74) is 9.14. The van der Waals surface area contributed by atoms with E-state index in [1.54, 1.807) is 69.0 Å². The van der Waals surface area contributed by atoms with E-state index in [1.807, 2.05) is 60.7 Å². The number of hydrogen-bond acceptors (Lipinski definition) is 14. The summed E-state index contributed by atoms with van der Waals surface area (Å²) in [5, 5.41) is 30.7. The highest BCUT2D eigenvalue weighted by Gasteiger charge is 2.26. The van der Waals surface area contributed by atoms with Gasteiger partial charge in [0.1, 0.15) is 23.0 Å². The van der Waals surface area contributed by atoms with E-state index in [-0.39, 0.29) is 34.5 Å². The molecule has 73 heavy (non-hydrogen) atoms. The van der Waals surface area contributed by atoms with E-state index in [0.717, 1.165) is 11.1 Å². The van der Waals surface area contributed by atoms with Gasteiger partial charge in [0, 0.05) is 45.8 Å². The Balaban J connectivity index is 0.000000180. The van der Waals surface area contributed by atoms with Gasteiger partial charge >= 0.3 is 0 Å². The van der Waals surface area contributed by atoms with Gasteiger partial charge in [-0.15, -0.1) is 10.2 Å². The number of hydrogen-bond donors (Lipinski definition) is 2. The second kappa shape index (κ2) is 20.4. The second-order valence-electron chi connectivity index (χ2n) is 16.8. The van der Waals surface area contributed by atoms with Crippen LogP contribution in [0.1, 0.15) is 33.6 Å². The molecule has 0 unspecified atom stereocenters. The van der Waals surface area contributed by atoms with Crippen LogP contribution >= 0.6 is 0 Å². The standard InChI is InChI=1S/C26H23FN6O3S.C25H21FN6O3S/c1-16-13-29-21(17(2)24(16)27)14-33-15-22(30-32-33)26-23(25(31-36-26)19-7-5-4-6-8-19)18-9-11-20(12-10-18)37(34,35)28-3;1-15-12-28-20(16(2)23(15)26)13-32-14-21(29-31-32)25-22(17-8-10-19(11-9-17)36(27,33)34)24(30-35-25)18-6-4-3-5-7-18/h4-13,15,28H,14H2,1-3H3;3-12,14H,13H2,1-2H3,(H2,27,33,34)/i27-1;26-1. The molecule has 6 heterocycles. The number of halogens is 2. The van der Waals surface area contributed by atoms with Crippen LogP contribution in [0, 0.1) is 39.3 Å². The van der Waals surface area contributed by atoms with E-state index in [0.29, 0.717) is 90.2 Å². The third-order valence-electron chi connectivity index (χ3n) is 11.9. The van der Waals surface area contributed by atoms with Crippen LogP contribution in [0.25, 0.3) is 67.7 Å². The number of primary sulfonamides is 1. The van der Waals surface area contributed by atoms with Crippen molar-refractivity contribution in [1.29, 1.82) is 0 Å². The van der Waals surface area contributed by atoms with Crippen LogP contribution in [0.2, 0.25) is 0 Å². The summed E-state index contributed by atoms with van der Waals surface area (Å²) in [4.78, 5) is 8.80. The molecule has 22 heteroatoms. The minimum atomic E-state index is -3.85. The number of nitrogens with one attached hydrogen (secondary N) is 1. The molecule has 10 aromatic rings. The number of aromatic nitrogens is 10. The molecule has 0 radical (unpaired) electrons. The van der Waals surface area contributed by atoms with Crippen molar-refractivity contribution in [3.63, 3.8) is 0 Å². The van der Waals surface area contributed by atoms with Crippen LogP contribution in [0.3, 0.4) is 0 Å². The highest BCUT2D eigenvalue weighted by molar-refractivity contribution is 7.89. The Morgan fingerprint density at radius 2 is 0.959 bits per heavy atom. The van der Waals surface area contributed by atoms with Gasteiger partial charge in [0.15, 0.2) is 22.9 Å². The Hall–Kier alpha value is -8.44. The van der Waals surface area contributed by atoms with Gasteiger partial charge in [0.05, 0.1) is 57.8 Å². The van der Waals surface area contributed by atoms with Crippen molar-refractivity contribution in [2.45, 2.75) is 50.6 Å². The van der Waals surface area contributed by atoms with Crippen LogP contribution in [0.15, 0.2) is 153 Å². The molecule has 0 spiro atoms. The first-order valence-corrected chi connectivity index (χ1v) is 25.3. The lowest BCUT2D eigenvalue weighted by atomic mass is 9.98. The second-order valence-corrected chi connectivity index (χ2v) is 20.2. The summed E-state index contributed by atoms with van der Waals surface area (Å²) in [6.07, 6.45) is 6.32. The molecule has 4 aromatic carbocycles.